The third kappa shape index (κ3) is 2.47. The molecule has 0 aliphatic carbocycles. The maximum Gasteiger partial charge on any atom is 0.271 e. The van der Waals surface area contributed by atoms with E-state index >= 15 is 0 Å². The molecule has 0 bridgehead atoms. The number of nitrogens with zero attached hydrogens (tertiary/aromatic N) is 2. The molecule has 112 valence electrons. The van der Waals surface area contributed by atoms with Gasteiger partial charge in [0.15, 0.2) is 18.5 Å². The van der Waals surface area contributed by atoms with Gasteiger partial charge in [-0.3, -0.25) is 9.78 Å². The highest BCUT2D eigenvalue weighted by Crippen LogP contribution is 2.31. The van der Waals surface area contributed by atoms with Crippen LogP contribution in [0.15, 0.2) is 29.6 Å². The number of aliphatic hydroxyl groups excluding tert-OH is 3. The minimum atomic E-state index is -1.41. The monoisotopic (exact) mass is 295 g/mol. The Labute approximate surface area is 118 Å². The summed E-state index contributed by atoms with van der Waals surface area (Å²) in [5, 5.41) is 32.5. The van der Waals surface area contributed by atoms with Gasteiger partial charge >= 0.3 is 0 Å². The summed E-state index contributed by atoms with van der Waals surface area (Å²) in [6, 6.07) is 3.00. The van der Waals surface area contributed by atoms with Gasteiger partial charge in [0, 0.05) is 18.0 Å². The minimum Gasteiger partial charge on any atom is -0.469 e. The van der Waals surface area contributed by atoms with Gasteiger partial charge in [0.25, 0.3) is 5.91 Å². The summed E-state index contributed by atoms with van der Waals surface area (Å²) in [6.07, 6.45) is -2.91. The number of ether oxygens (including phenoxy) is 2. The van der Waals surface area contributed by atoms with E-state index in [4.69, 9.17) is 9.47 Å². The van der Waals surface area contributed by atoms with E-state index in [-0.39, 0.29) is 5.90 Å². The molecule has 1 amide bonds. The van der Waals surface area contributed by atoms with Crippen LogP contribution in [0.4, 0.5) is 0 Å². The van der Waals surface area contributed by atoms with Crippen LogP contribution in [0.1, 0.15) is 10.4 Å². The highest BCUT2D eigenvalue weighted by atomic mass is 16.7. The summed E-state index contributed by atoms with van der Waals surface area (Å²) in [4.78, 5) is 15.6. The van der Waals surface area contributed by atoms with Gasteiger partial charge in [0.1, 0.15) is 12.2 Å². The molecule has 3 heterocycles. The van der Waals surface area contributed by atoms with Crippen LogP contribution < -0.4 is 5.43 Å². The second kappa shape index (κ2) is 5.37. The average molecular weight is 295 g/mol. The molecule has 2 saturated heterocycles. The largest absolute Gasteiger partial charge is 0.469 e. The van der Waals surface area contributed by atoms with Crippen LogP contribution in [0, 0.1) is 0 Å². The molecule has 2 aliphatic rings. The maximum atomic E-state index is 11.8. The van der Waals surface area contributed by atoms with Crippen molar-refractivity contribution in [3.8, 4) is 0 Å². The number of rotatable bonds is 2. The third-order valence-electron chi connectivity index (χ3n) is 3.28. The second-order valence-electron chi connectivity index (χ2n) is 4.64. The summed E-state index contributed by atoms with van der Waals surface area (Å²) >= 11 is 0. The lowest BCUT2D eigenvalue weighted by Gasteiger charge is -2.12. The first-order valence-corrected chi connectivity index (χ1v) is 6.22. The molecule has 0 spiro atoms. The molecule has 5 atom stereocenters. The molecule has 0 unspecified atom stereocenters. The smallest absolute Gasteiger partial charge is 0.271 e. The van der Waals surface area contributed by atoms with Gasteiger partial charge < -0.3 is 24.8 Å². The van der Waals surface area contributed by atoms with Gasteiger partial charge in [-0.15, -0.1) is 5.10 Å². The van der Waals surface area contributed by atoms with Crippen molar-refractivity contribution < 1.29 is 29.6 Å². The molecule has 4 N–H and O–H groups in total. The molecule has 2 fully saturated rings. The van der Waals surface area contributed by atoms with Gasteiger partial charge in [0.05, 0.1) is 0 Å². The molecule has 0 saturated carbocycles. The van der Waals surface area contributed by atoms with E-state index in [1.54, 1.807) is 0 Å². The Bertz CT molecular complexity index is 565. The first-order chi connectivity index (χ1) is 10.1. The molecule has 2 aliphatic heterocycles. The fourth-order valence-electron chi connectivity index (χ4n) is 2.18. The number of carbonyl (C=O) groups excluding carboxylic acids is 1. The van der Waals surface area contributed by atoms with Crippen LogP contribution in [0.25, 0.3) is 0 Å². The number of fused-ring (bicyclic) bond motifs is 1. The Morgan fingerprint density at radius 3 is 2.62 bits per heavy atom. The Morgan fingerprint density at radius 1 is 1.24 bits per heavy atom. The molecule has 9 nitrogen and oxygen atoms in total. The van der Waals surface area contributed by atoms with Crippen LogP contribution in [-0.2, 0) is 9.47 Å². The number of amides is 1. The number of aromatic nitrogens is 1. The van der Waals surface area contributed by atoms with Crippen molar-refractivity contribution in [1.29, 1.82) is 0 Å². The van der Waals surface area contributed by atoms with E-state index < -0.39 is 36.6 Å². The summed E-state index contributed by atoms with van der Waals surface area (Å²) in [6.45, 7) is 0. The molecule has 9 heteroatoms. The molecule has 1 aromatic heterocycles. The number of hydrogen-bond acceptors (Lipinski definition) is 8. The zero-order valence-electron chi connectivity index (χ0n) is 10.7. The van der Waals surface area contributed by atoms with Crippen LogP contribution in [0.2, 0.25) is 0 Å². The zero-order chi connectivity index (χ0) is 15.0. The standard InChI is InChI=1S/C12H13N3O6/c16-6-8-9(7(17)12(19)21-8)20-11(6)15-14-10(18)5-1-3-13-4-2-5/h1-4,6-9,12,16-17,19H,(H,14,18)/b15-11-/t6-,7-,8-,9-,12-/m1/s1. The van der Waals surface area contributed by atoms with Gasteiger partial charge in [0.2, 0.25) is 5.90 Å². The Kier molecular flexibility index (Phi) is 3.55. The SMILES string of the molecule is O=C(N/N=C1\O[C@@H]2[C@@H](O)[C@H](O)O[C@@H]2[C@H]1O)c1ccncc1. The Morgan fingerprint density at radius 2 is 1.95 bits per heavy atom. The van der Waals surface area contributed by atoms with Gasteiger partial charge in [-0.1, -0.05) is 0 Å². The van der Waals surface area contributed by atoms with Crippen molar-refractivity contribution in [2.45, 2.75) is 30.7 Å². The number of carbonyl (C=O) groups is 1. The lowest BCUT2D eigenvalue weighted by atomic mass is 10.1. The maximum absolute atomic E-state index is 11.8. The lowest BCUT2D eigenvalue weighted by Crippen LogP contribution is -2.32. The molecule has 0 aromatic carbocycles. The lowest BCUT2D eigenvalue weighted by molar-refractivity contribution is -0.139. The highest BCUT2D eigenvalue weighted by Gasteiger charge is 2.55. The first-order valence-electron chi connectivity index (χ1n) is 6.22. The predicted octanol–water partition coefficient (Wildman–Crippen LogP) is -2.04. The second-order valence-corrected chi connectivity index (χ2v) is 4.64. The van der Waals surface area contributed by atoms with Crippen LogP contribution >= 0.6 is 0 Å². The molecule has 21 heavy (non-hydrogen) atoms. The topological polar surface area (TPSA) is 134 Å². The first kappa shape index (κ1) is 13.9. The van der Waals surface area contributed by atoms with Crippen LogP contribution in [0.5, 0.6) is 0 Å². The fraction of sp³-hybridized carbons (Fsp3) is 0.417. The number of nitrogens with one attached hydrogen (secondary N) is 1. The zero-order valence-corrected chi connectivity index (χ0v) is 10.7. The van der Waals surface area contributed by atoms with E-state index in [0.717, 1.165) is 0 Å². The van der Waals surface area contributed by atoms with Crippen molar-refractivity contribution in [3.63, 3.8) is 0 Å². The molecule has 0 radical (unpaired) electrons. The molecular formula is C12H13N3O6. The van der Waals surface area contributed by atoms with Gasteiger partial charge in [-0.25, -0.2) is 5.43 Å². The van der Waals surface area contributed by atoms with Crippen molar-refractivity contribution in [1.82, 2.24) is 10.4 Å². The van der Waals surface area contributed by atoms with E-state index in [0.29, 0.717) is 5.56 Å². The summed E-state index contributed by atoms with van der Waals surface area (Å²) < 4.78 is 10.2. The van der Waals surface area contributed by atoms with Crippen LogP contribution in [-0.4, -0.2) is 62.8 Å². The van der Waals surface area contributed by atoms with Gasteiger partial charge in [-0.05, 0) is 12.1 Å². The van der Waals surface area contributed by atoms with E-state index in [1.807, 2.05) is 0 Å². The number of aliphatic hydroxyl groups is 3. The number of hydrogen-bond donors (Lipinski definition) is 4. The number of pyridine rings is 1. The molecule has 3 rings (SSSR count). The fourth-order valence-corrected chi connectivity index (χ4v) is 2.18. The Hall–Kier alpha value is -2.07. The van der Waals surface area contributed by atoms with Gasteiger partial charge in [-0.2, -0.15) is 0 Å². The quantitative estimate of drug-likeness (QED) is 0.462. The van der Waals surface area contributed by atoms with Crippen molar-refractivity contribution >= 4 is 11.8 Å². The molecule has 1 aromatic rings. The Balaban J connectivity index is 1.67. The third-order valence-corrected chi connectivity index (χ3v) is 3.28. The predicted molar refractivity (Wildman–Crippen MR) is 66.9 cm³/mol. The molecular weight excluding hydrogens is 282 g/mol. The van der Waals surface area contributed by atoms with E-state index in [2.05, 4.69) is 15.5 Å². The van der Waals surface area contributed by atoms with Crippen LogP contribution in [0.3, 0.4) is 0 Å². The summed E-state index contributed by atoms with van der Waals surface area (Å²) in [7, 11) is 0. The van der Waals surface area contributed by atoms with Crippen molar-refractivity contribution in [2.75, 3.05) is 0 Å². The normalized spacial score (nSPS) is 36.3. The van der Waals surface area contributed by atoms with E-state index in [9.17, 15) is 20.1 Å². The summed E-state index contributed by atoms with van der Waals surface area (Å²) in [5.41, 5.74) is 2.56. The minimum absolute atomic E-state index is 0.182. The highest BCUT2D eigenvalue weighted by molar-refractivity contribution is 5.95. The van der Waals surface area contributed by atoms with Crippen molar-refractivity contribution in [2.24, 2.45) is 5.10 Å². The van der Waals surface area contributed by atoms with Crippen molar-refractivity contribution in [3.05, 3.63) is 30.1 Å². The summed E-state index contributed by atoms with van der Waals surface area (Å²) in [5.74, 6) is -0.683. The van der Waals surface area contributed by atoms with E-state index in [1.165, 1.54) is 24.5 Å². The average Bonchev–Trinajstić information content (AvgIpc) is 2.96. The number of hydrazone groups is 1.